The van der Waals surface area contributed by atoms with Gasteiger partial charge in [-0.2, -0.15) is 13.1 Å². The average molecular weight is 238 g/mol. The molecule has 6 nitrogen and oxygen atoms in total. The maximum Gasteiger partial charge on any atom is 0.326 e. The van der Waals surface area contributed by atoms with Gasteiger partial charge in [0.15, 0.2) is 0 Å². The second-order valence-electron chi connectivity index (χ2n) is 3.38. The fourth-order valence-electron chi connectivity index (χ4n) is 1.27. The van der Waals surface area contributed by atoms with Crippen LogP contribution in [-0.4, -0.2) is 34.1 Å². The van der Waals surface area contributed by atoms with Gasteiger partial charge in [0.25, 0.3) is 10.2 Å². The molecule has 0 rings (SSSR count). The molecule has 15 heavy (non-hydrogen) atoms. The second-order valence-corrected chi connectivity index (χ2v) is 5.00. The zero-order valence-electron chi connectivity index (χ0n) is 9.46. The summed E-state index contributed by atoms with van der Waals surface area (Å²) >= 11 is 0. The van der Waals surface area contributed by atoms with Crippen molar-refractivity contribution in [1.29, 1.82) is 0 Å². The summed E-state index contributed by atoms with van der Waals surface area (Å²) in [6, 6.07) is 0. The van der Waals surface area contributed by atoms with Crippen molar-refractivity contribution in [3.8, 4) is 0 Å². The van der Waals surface area contributed by atoms with E-state index in [1.54, 1.807) is 0 Å². The van der Waals surface area contributed by atoms with Crippen LogP contribution in [0.3, 0.4) is 0 Å². The zero-order chi connectivity index (χ0) is 12.1. The number of hydrogen-bond donors (Lipinski definition) is 2. The molecule has 1 unspecified atom stereocenters. The van der Waals surface area contributed by atoms with Crippen LogP contribution >= 0.6 is 0 Å². The smallest absolute Gasteiger partial charge is 0.326 e. The van der Waals surface area contributed by atoms with Gasteiger partial charge >= 0.3 is 5.97 Å². The highest BCUT2D eigenvalue weighted by Gasteiger charge is 2.37. The summed E-state index contributed by atoms with van der Waals surface area (Å²) in [5.74, 6) is -0.594. The Labute approximate surface area is 90.6 Å². The highest BCUT2D eigenvalue weighted by Crippen LogP contribution is 2.15. The molecule has 0 amide bonds. The van der Waals surface area contributed by atoms with Gasteiger partial charge in [0.05, 0.1) is 7.11 Å². The normalized spacial score (nSPS) is 15.7. The lowest BCUT2D eigenvalue weighted by Crippen LogP contribution is -2.55. The number of rotatable bonds is 6. The Bertz CT molecular complexity index is 315. The molecular weight excluding hydrogens is 220 g/mol. The van der Waals surface area contributed by atoms with E-state index in [1.165, 1.54) is 21.1 Å². The first-order valence-electron chi connectivity index (χ1n) is 4.62. The van der Waals surface area contributed by atoms with Crippen molar-refractivity contribution in [2.24, 2.45) is 0 Å². The molecule has 0 saturated heterocycles. The third-order valence-electron chi connectivity index (χ3n) is 2.01. The quantitative estimate of drug-likeness (QED) is 0.626. The Morgan fingerprint density at radius 3 is 2.33 bits per heavy atom. The van der Waals surface area contributed by atoms with Gasteiger partial charge in [-0.05, 0) is 13.3 Å². The molecule has 0 aliphatic carbocycles. The Morgan fingerprint density at radius 2 is 2.00 bits per heavy atom. The maximum atomic E-state index is 11.4. The number of hydrogen-bond acceptors (Lipinski definition) is 4. The van der Waals surface area contributed by atoms with Crippen LogP contribution in [0.15, 0.2) is 0 Å². The van der Waals surface area contributed by atoms with Gasteiger partial charge in [-0.25, -0.2) is 4.72 Å². The number of carbonyl (C=O) groups is 1. The van der Waals surface area contributed by atoms with Gasteiger partial charge < -0.3 is 4.74 Å². The summed E-state index contributed by atoms with van der Waals surface area (Å²) in [6.45, 7) is 3.35. The molecule has 0 radical (unpaired) electrons. The molecule has 90 valence electrons. The molecule has 0 heterocycles. The zero-order valence-corrected chi connectivity index (χ0v) is 10.3. The van der Waals surface area contributed by atoms with Gasteiger partial charge in [0.1, 0.15) is 5.54 Å². The van der Waals surface area contributed by atoms with Gasteiger partial charge in [-0.1, -0.05) is 13.3 Å². The monoisotopic (exact) mass is 238 g/mol. The average Bonchev–Trinajstić information content (AvgIpc) is 2.16. The second kappa shape index (κ2) is 5.43. The van der Waals surface area contributed by atoms with Crippen LogP contribution in [0.2, 0.25) is 0 Å². The third-order valence-corrected chi connectivity index (χ3v) is 3.27. The van der Waals surface area contributed by atoms with Crippen molar-refractivity contribution in [3.05, 3.63) is 0 Å². The van der Waals surface area contributed by atoms with Gasteiger partial charge in [-0.3, -0.25) is 4.79 Å². The fourth-order valence-corrected chi connectivity index (χ4v) is 2.15. The summed E-state index contributed by atoms with van der Waals surface area (Å²) in [5, 5.41) is 0. The molecule has 7 heteroatoms. The minimum Gasteiger partial charge on any atom is -0.468 e. The largest absolute Gasteiger partial charge is 0.468 e. The number of esters is 1. The standard InChI is InChI=1S/C8H18N2O4S/c1-5-6-8(2,7(11)14-4)10-15(12,13)9-3/h9-10H,5-6H2,1-4H3. The van der Waals surface area contributed by atoms with E-state index in [0.29, 0.717) is 12.8 Å². The van der Waals surface area contributed by atoms with Crippen molar-refractivity contribution in [2.45, 2.75) is 32.2 Å². The van der Waals surface area contributed by atoms with Gasteiger partial charge in [0.2, 0.25) is 0 Å². The first-order chi connectivity index (χ1) is 6.81. The van der Waals surface area contributed by atoms with Crippen LogP contribution < -0.4 is 9.44 Å². The minimum atomic E-state index is -3.66. The Balaban J connectivity index is 4.89. The molecule has 0 fully saturated rings. The molecule has 0 bridgehead atoms. The van der Waals surface area contributed by atoms with E-state index < -0.39 is 21.7 Å². The molecule has 0 aromatic rings. The van der Waals surface area contributed by atoms with Crippen LogP contribution in [0.25, 0.3) is 0 Å². The first kappa shape index (κ1) is 14.3. The van der Waals surface area contributed by atoms with E-state index in [1.807, 2.05) is 6.92 Å². The first-order valence-corrected chi connectivity index (χ1v) is 6.10. The van der Waals surface area contributed by atoms with Crippen LogP contribution in [0.5, 0.6) is 0 Å². The maximum absolute atomic E-state index is 11.4. The van der Waals surface area contributed by atoms with Crippen molar-refractivity contribution in [2.75, 3.05) is 14.2 Å². The molecule has 0 aromatic heterocycles. The molecule has 1 atom stereocenters. The van der Waals surface area contributed by atoms with Crippen LogP contribution in [0.4, 0.5) is 0 Å². The van der Waals surface area contributed by atoms with E-state index in [-0.39, 0.29) is 0 Å². The third kappa shape index (κ3) is 4.15. The molecule has 0 spiro atoms. The summed E-state index contributed by atoms with van der Waals surface area (Å²) in [7, 11) is -1.16. The summed E-state index contributed by atoms with van der Waals surface area (Å²) in [4.78, 5) is 11.4. The molecule has 0 aromatic carbocycles. The SMILES string of the molecule is CCCC(C)(NS(=O)(=O)NC)C(=O)OC. The van der Waals surface area contributed by atoms with Crippen LogP contribution in [-0.2, 0) is 19.7 Å². The summed E-state index contributed by atoms with van der Waals surface area (Å²) in [5.41, 5.74) is -1.22. The lowest BCUT2D eigenvalue weighted by Gasteiger charge is -2.26. The van der Waals surface area contributed by atoms with Crippen LogP contribution in [0, 0.1) is 0 Å². The van der Waals surface area contributed by atoms with Gasteiger partial charge in [0, 0.05) is 7.05 Å². The van der Waals surface area contributed by atoms with Crippen molar-refractivity contribution in [3.63, 3.8) is 0 Å². The van der Waals surface area contributed by atoms with E-state index in [4.69, 9.17) is 0 Å². The van der Waals surface area contributed by atoms with E-state index in [9.17, 15) is 13.2 Å². The van der Waals surface area contributed by atoms with E-state index >= 15 is 0 Å². The summed E-state index contributed by atoms with van der Waals surface area (Å²) < 4.78 is 31.5. The summed E-state index contributed by atoms with van der Waals surface area (Å²) in [6.07, 6.45) is 1.04. The Hall–Kier alpha value is -0.660. The molecular formula is C8H18N2O4S. The fraction of sp³-hybridized carbons (Fsp3) is 0.875. The highest BCUT2D eigenvalue weighted by atomic mass is 32.2. The lowest BCUT2D eigenvalue weighted by atomic mass is 9.98. The number of carbonyl (C=O) groups excluding carboxylic acids is 1. The van der Waals surface area contributed by atoms with Crippen LogP contribution in [0.1, 0.15) is 26.7 Å². The van der Waals surface area contributed by atoms with Crippen molar-refractivity contribution < 1.29 is 17.9 Å². The lowest BCUT2D eigenvalue weighted by molar-refractivity contribution is -0.147. The predicted octanol–water partition coefficient (Wildman–Crippen LogP) is -0.228. The van der Waals surface area contributed by atoms with E-state index in [0.717, 1.165) is 0 Å². The molecule has 0 aliphatic rings. The number of ether oxygens (including phenoxy) is 1. The minimum absolute atomic E-state index is 0.376. The number of methoxy groups -OCH3 is 1. The Kier molecular flexibility index (Phi) is 5.19. The van der Waals surface area contributed by atoms with Crippen molar-refractivity contribution in [1.82, 2.24) is 9.44 Å². The molecule has 0 saturated carbocycles. The van der Waals surface area contributed by atoms with E-state index in [2.05, 4.69) is 14.2 Å². The van der Waals surface area contributed by atoms with Gasteiger partial charge in [-0.15, -0.1) is 0 Å². The predicted molar refractivity (Wildman–Crippen MR) is 56.4 cm³/mol. The number of nitrogens with one attached hydrogen (secondary N) is 2. The topological polar surface area (TPSA) is 84.5 Å². The molecule has 2 N–H and O–H groups in total. The van der Waals surface area contributed by atoms with Crippen molar-refractivity contribution >= 4 is 16.2 Å². The Morgan fingerprint density at radius 1 is 1.47 bits per heavy atom. The molecule has 0 aliphatic heterocycles. The highest BCUT2D eigenvalue weighted by molar-refractivity contribution is 7.87.